The Balaban J connectivity index is 2.27. The highest BCUT2D eigenvalue weighted by Gasteiger charge is 2.19. The van der Waals surface area contributed by atoms with Gasteiger partial charge in [-0.1, -0.05) is 6.92 Å². The molecule has 16 heavy (non-hydrogen) atoms. The first-order valence-electron chi connectivity index (χ1n) is 6.12. The summed E-state index contributed by atoms with van der Waals surface area (Å²) in [5.74, 6) is 0.981. The van der Waals surface area contributed by atoms with E-state index >= 15 is 0 Å². The fourth-order valence-electron chi connectivity index (χ4n) is 2.16. The average molecular weight is 248 g/mol. The van der Waals surface area contributed by atoms with E-state index in [4.69, 9.17) is 0 Å². The number of hydrogen-bond donors (Lipinski definition) is 1. The summed E-state index contributed by atoms with van der Waals surface area (Å²) in [5, 5.41) is 3.37. The van der Waals surface area contributed by atoms with Crippen molar-refractivity contribution in [1.82, 2.24) is 10.2 Å². The van der Waals surface area contributed by atoms with E-state index in [0.29, 0.717) is 18.2 Å². The monoisotopic (exact) mass is 248 g/mol. The van der Waals surface area contributed by atoms with Gasteiger partial charge in [0.15, 0.2) is 0 Å². The zero-order valence-electron chi connectivity index (χ0n) is 10.4. The number of nitrogens with zero attached hydrogens (tertiary/aromatic N) is 1. The number of nitrogens with one attached hydrogen (secondary N) is 1. The molecule has 1 rings (SSSR count). The van der Waals surface area contributed by atoms with Crippen LogP contribution in [-0.4, -0.2) is 58.1 Å². The Morgan fingerprint density at radius 2 is 2.19 bits per heavy atom. The molecule has 96 valence electrons. The quantitative estimate of drug-likeness (QED) is 0.737. The predicted molar refractivity (Wildman–Crippen MR) is 67.4 cm³/mol. The number of piperidine rings is 1. The molecule has 0 saturated carbocycles. The Bertz CT molecular complexity index is 290. The average Bonchev–Trinajstić information content (AvgIpc) is 2.23. The van der Waals surface area contributed by atoms with Crippen LogP contribution < -0.4 is 5.32 Å². The van der Waals surface area contributed by atoms with Gasteiger partial charge >= 0.3 is 0 Å². The molecule has 1 fully saturated rings. The van der Waals surface area contributed by atoms with Gasteiger partial charge in [-0.25, -0.2) is 8.42 Å². The molecule has 1 heterocycles. The van der Waals surface area contributed by atoms with Crippen LogP contribution in [0.1, 0.15) is 19.8 Å². The standard InChI is InChI=1S/C11H24N2O2S/c1-3-12-9-11-5-4-6-13(10-11)7-8-16(2,14)15/h11-12H,3-10H2,1-2H3. The summed E-state index contributed by atoms with van der Waals surface area (Å²) in [4.78, 5) is 2.28. The summed E-state index contributed by atoms with van der Waals surface area (Å²) < 4.78 is 22.2. The second-order valence-electron chi connectivity index (χ2n) is 4.75. The van der Waals surface area contributed by atoms with E-state index < -0.39 is 9.84 Å². The fraction of sp³-hybridized carbons (Fsp3) is 1.00. The summed E-state index contributed by atoms with van der Waals surface area (Å²) in [5.41, 5.74) is 0. The molecule has 0 aromatic rings. The van der Waals surface area contributed by atoms with Crippen molar-refractivity contribution in [2.24, 2.45) is 5.92 Å². The third-order valence-electron chi connectivity index (χ3n) is 3.06. The second-order valence-corrected chi connectivity index (χ2v) is 7.01. The molecule has 1 saturated heterocycles. The smallest absolute Gasteiger partial charge is 0.148 e. The molecule has 1 atom stereocenters. The highest BCUT2D eigenvalue weighted by Crippen LogP contribution is 2.15. The molecule has 0 aliphatic carbocycles. The zero-order valence-corrected chi connectivity index (χ0v) is 11.2. The van der Waals surface area contributed by atoms with E-state index in [0.717, 1.165) is 26.2 Å². The lowest BCUT2D eigenvalue weighted by Crippen LogP contribution is -2.41. The Morgan fingerprint density at radius 1 is 1.44 bits per heavy atom. The normalized spacial score (nSPS) is 23.5. The number of hydrogen-bond acceptors (Lipinski definition) is 4. The topological polar surface area (TPSA) is 49.4 Å². The molecule has 0 amide bonds. The van der Waals surface area contributed by atoms with Gasteiger partial charge < -0.3 is 10.2 Å². The first-order valence-corrected chi connectivity index (χ1v) is 8.18. The molecule has 0 bridgehead atoms. The number of rotatable bonds is 6. The third kappa shape index (κ3) is 5.82. The summed E-state index contributed by atoms with van der Waals surface area (Å²) in [6, 6.07) is 0. The SMILES string of the molecule is CCNCC1CCCN(CCS(C)(=O)=O)C1. The number of sulfone groups is 1. The summed E-state index contributed by atoms with van der Waals surface area (Å²) >= 11 is 0. The molecule has 0 spiro atoms. The highest BCUT2D eigenvalue weighted by atomic mass is 32.2. The first kappa shape index (κ1) is 13.9. The van der Waals surface area contributed by atoms with E-state index in [1.807, 2.05) is 0 Å². The van der Waals surface area contributed by atoms with Gasteiger partial charge in [0, 0.05) is 19.3 Å². The lowest BCUT2D eigenvalue weighted by molar-refractivity contribution is 0.181. The van der Waals surface area contributed by atoms with Crippen LogP contribution in [0.2, 0.25) is 0 Å². The maximum atomic E-state index is 11.1. The largest absolute Gasteiger partial charge is 0.317 e. The summed E-state index contributed by atoms with van der Waals surface area (Å²) in [6.45, 7) is 6.98. The molecular weight excluding hydrogens is 224 g/mol. The van der Waals surface area contributed by atoms with Crippen LogP contribution in [0.3, 0.4) is 0 Å². The first-order chi connectivity index (χ1) is 7.51. The van der Waals surface area contributed by atoms with E-state index in [9.17, 15) is 8.42 Å². The molecule has 1 unspecified atom stereocenters. The van der Waals surface area contributed by atoms with Gasteiger partial charge in [0.05, 0.1) is 5.75 Å². The van der Waals surface area contributed by atoms with Crippen LogP contribution in [0, 0.1) is 5.92 Å². The van der Waals surface area contributed by atoms with Crippen LogP contribution in [0.25, 0.3) is 0 Å². The van der Waals surface area contributed by atoms with Crippen LogP contribution in [-0.2, 0) is 9.84 Å². The minimum absolute atomic E-state index is 0.293. The molecule has 0 radical (unpaired) electrons. The van der Waals surface area contributed by atoms with E-state index in [2.05, 4.69) is 17.1 Å². The molecule has 0 aromatic carbocycles. The van der Waals surface area contributed by atoms with Gasteiger partial charge in [-0.3, -0.25) is 0 Å². The molecular formula is C11H24N2O2S. The van der Waals surface area contributed by atoms with Gasteiger partial charge in [0.25, 0.3) is 0 Å². The van der Waals surface area contributed by atoms with Crippen molar-refractivity contribution in [1.29, 1.82) is 0 Å². The minimum Gasteiger partial charge on any atom is -0.317 e. The summed E-state index contributed by atoms with van der Waals surface area (Å²) in [6.07, 6.45) is 3.77. The van der Waals surface area contributed by atoms with Crippen LogP contribution in [0.5, 0.6) is 0 Å². The van der Waals surface area contributed by atoms with E-state index in [-0.39, 0.29) is 0 Å². The van der Waals surface area contributed by atoms with Crippen molar-refractivity contribution in [3.8, 4) is 0 Å². The molecule has 1 aliphatic rings. The fourth-order valence-corrected chi connectivity index (χ4v) is 2.75. The maximum Gasteiger partial charge on any atom is 0.148 e. The van der Waals surface area contributed by atoms with E-state index in [1.54, 1.807) is 0 Å². The van der Waals surface area contributed by atoms with Gasteiger partial charge in [-0.15, -0.1) is 0 Å². The van der Waals surface area contributed by atoms with Crippen molar-refractivity contribution in [3.63, 3.8) is 0 Å². The predicted octanol–water partition coefficient (Wildman–Crippen LogP) is 0.353. The Hall–Kier alpha value is -0.130. The molecule has 4 nitrogen and oxygen atoms in total. The van der Waals surface area contributed by atoms with Crippen LogP contribution in [0.4, 0.5) is 0 Å². The second kappa shape index (κ2) is 6.57. The molecule has 1 aliphatic heterocycles. The van der Waals surface area contributed by atoms with Gasteiger partial charge in [0.1, 0.15) is 9.84 Å². The molecule has 5 heteroatoms. The Labute approximate surface area is 99.3 Å². The van der Waals surface area contributed by atoms with Crippen molar-refractivity contribution in [2.75, 3.05) is 44.7 Å². The molecule has 1 N–H and O–H groups in total. The lowest BCUT2D eigenvalue weighted by atomic mass is 9.98. The van der Waals surface area contributed by atoms with Crippen molar-refractivity contribution in [2.45, 2.75) is 19.8 Å². The van der Waals surface area contributed by atoms with Crippen molar-refractivity contribution < 1.29 is 8.42 Å². The van der Waals surface area contributed by atoms with E-state index in [1.165, 1.54) is 19.1 Å². The van der Waals surface area contributed by atoms with Crippen LogP contribution >= 0.6 is 0 Å². The van der Waals surface area contributed by atoms with Gasteiger partial charge in [-0.05, 0) is 38.4 Å². The number of likely N-dealkylation sites (tertiary alicyclic amines) is 1. The Kier molecular flexibility index (Phi) is 5.72. The van der Waals surface area contributed by atoms with Crippen molar-refractivity contribution in [3.05, 3.63) is 0 Å². The Morgan fingerprint density at radius 3 is 2.81 bits per heavy atom. The minimum atomic E-state index is -2.82. The maximum absolute atomic E-state index is 11.1. The summed E-state index contributed by atoms with van der Waals surface area (Å²) in [7, 11) is -2.82. The third-order valence-corrected chi connectivity index (χ3v) is 3.99. The molecule has 0 aromatic heterocycles. The zero-order chi connectivity index (χ0) is 12.0. The lowest BCUT2D eigenvalue weighted by Gasteiger charge is -2.32. The van der Waals surface area contributed by atoms with Crippen LogP contribution in [0.15, 0.2) is 0 Å². The van der Waals surface area contributed by atoms with Gasteiger partial charge in [-0.2, -0.15) is 0 Å². The highest BCUT2D eigenvalue weighted by molar-refractivity contribution is 7.90. The van der Waals surface area contributed by atoms with Crippen molar-refractivity contribution >= 4 is 9.84 Å². The van der Waals surface area contributed by atoms with Gasteiger partial charge in [0.2, 0.25) is 0 Å².